The molecule has 1 saturated heterocycles. The Labute approximate surface area is 124 Å². The van der Waals surface area contributed by atoms with Gasteiger partial charge in [-0.05, 0) is 26.8 Å². The standard InChI is InChI=1S/C14H24N2O3S/c1-11-15-6-14(20-11)8-16(2)7-12(17)9-18-10-13-4-3-5-19-13/h6,12-13,17H,3-5,7-10H2,1-2H3/t12-,13+/m0/s1. The topological polar surface area (TPSA) is 54.8 Å². The first-order valence-electron chi connectivity index (χ1n) is 7.10. The van der Waals surface area contributed by atoms with E-state index in [1.807, 2.05) is 20.2 Å². The predicted octanol–water partition coefficient (Wildman–Crippen LogP) is 1.44. The third-order valence-electron chi connectivity index (χ3n) is 3.26. The third-order valence-corrected chi connectivity index (χ3v) is 4.15. The van der Waals surface area contributed by atoms with Crippen LogP contribution < -0.4 is 0 Å². The molecule has 0 aromatic carbocycles. The molecule has 0 aliphatic carbocycles. The highest BCUT2D eigenvalue weighted by Crippen LogP contribution is 2.14. The Balaban J connectivity index is 1.59. The molecule has 0 amide bonds. The predicted molar refractivity (Wildman–Crippen MR) is 79.0 cm³/mol. The van der Waals surface area contributed by atoms with Gasteiger partial charge in [0.2, 0.25) is 0 Å². The van der Waals surface area contributed by atoms with Crippen LogP contribution in [0.3, 0.4) is 0 Å². The van der Waals surface area contributed by atoms with Crippen LogP contribution in [0.25, 0.3) is 0 Å². The molecule has 2 rings (SSSR count). The van der Waals surface area contributed by atoms with Crippen LogP contribution in [0.4, 0.5) is 0 Å². The lowest BCUT2D eigenvalue weighted by Crippen LogP contribution is -2.32. The number of nitrogens with zero attached hydrogens (tertiary/aromatic N) is 2. The summed E-state index contributed by atoms with van der Waals surface area (Å²) in [6.45, 7) is 5.22. The number of rotatable bonds is 8. The first kappa shape index (κ1) is 15.9. The Bertz CT molecular complexity index is 394. The van der Waals surface area contributed by atoms with E-state index >= 15 is 0 Å². The second-order valence-electron chi connectivity index (χ2n) is 5.37. The van der Waals surface area contributed by atoms with Crippen LogP contribution in [0.15, 0.2) is 6.20 Å². The SMILES string of the molecule is Cc1ncc(CN(C)C[C@H](O)COC[C@H]2CCCO2)s1. The molecule has 6 heteroatoms. The Morgan fingerprint density at radius 3 is 3.15 bits per heavy atom. The van der Waals surface area contributed by atoms with Crippen molar-refractivity contribution in [2.24, 2.45) is 0 Å². The molecule has 0 spiro atoms. The summed E-state index contributed by atoms with van der Waals surface area (Å²) >= 11 is 1.70. The van der Waals surface area contributed by atoms with Gasteiger partial charge in [0.05, 0.1) is 30.4 Å². The summed E-state index contributed by atoms with van der Waals surface area (Å²) in [4.78, 5) is 7.54. The number of thiazole rings is 1. The Hall–Kier alpha value is -0.530. The van der Waals surface area contributed by atoms with E-state index in [1.54, 1.807) is 11.3 Å². The zero-order valence-electron chi connectivity index (χ0n) is 12.2. The van der Waals surface area contributed by atoms with E-state index in [2.05, 4.69) is 9.88 Å². The zero-order chi connectivity index (χ0) is 14.4. The molecular weight excluding hydrogens is 276 g/mol. The van der Waals surface area contributed by atoms with Gasteiger partial charge < -0.3 is 14.6 Å². The minimum absolute atomic E-state index is 0.222. The van der Waals surface area contributed by atoms with Crippen LogP contribution in [0.5, 0.6) is 0 Å². The molecule has 1 aromatic heterocycles. The Kier molecular flexibility index (Phi) is 6.38. The number of aryl methyl sites for hydroxylation is 1. The fourth-order valence-corrected chi connectivity index (χ4v) is 3.21. The highest BCUT2D eigenvalue weighted by atomic mass is 32.1. The van der Waals surface area contributed by atoms with E-state index in [0.717, 1.165) is 31.0 Å². The summed E-state index contributed by atoms with van der Waals surface area (Å²) in [5.74, 6) is 0. The Morgan fingerprint density at radius 1 is 1.65 bits per heavy atom. The van der Waals surface area contributed by atoms with Crippen molar-refractivity contribution in [3.05, 3.63) is 16.1 Å². The average Bonchev–Trinajstić information content (AvgIpc) is 3.01. The van der Waals surface area contributed by atoms with E-state index in [4.69, 9.17) is 9.47 Å². The average molecular weight is 300 g/mol. The quantitative estimate of drug-likeness (QED) is 0.787. The summed E-state index contributed by atoms with van der Waals surface area (Å²) < 4.78 is 11.0. The van der Waals surface area contributed by atoms with E-state index in [9.17, 15) is 5.11 Å². The molecule has 2 atom stereocenters. The minimum atomic E-state index is -0.463. The maximum absolute atomic E-state index is 9.96. The van der Waals surface area contributed by atoms with Gasteiger partial charge in [-0.1, -0.05) is 0 Å². The molecule has 1 fully saturated rings. The van der Waals surface area contributed by atoms with Crippen LogP contribution in [0.2, 0.25) is 0 Å². The summed E-state index contributed by atoms with van der Waals surface area (Å²) in [7, 11) is 2.00. The zero-order valence-corrected chi connectivity index (χ0v) is 13.1. The first-order chi connectivity index (χ1) is 9.63. The molecule has 1 aliphatic rings. The molecule has 20 heavy (non-hydrogen) atoms. The van der Waals surface area contributed by atoms with Crippen LogP contribution in [-0.2, 0) is 16.0 Å². The van der Waals surface area contributed by atoms with Gasteiger partial charge in [0.25, 0.3) is 0 Å². The number of likely N-dealkylation sites (N-methyl/N-ethyl adjacent to an activating group) is 1. The number of aliphatic hydroxyl groups excluding tert-OH is 1. The number of aliphatic hydroxyl groups is 1. The van der Waals surface area contributed by atoms with Gasteiger partial charge in [0.1, 0.15) is 0 Å². The molecule has 1 N–H and O–H groups in total. The molecule has 0 saturated carbocycles. The molecule has 5 nitrogen and oxygen atoms in total. The second kappa shape index (κ2) is 8.05. The highest BCUT2D eigenvalue weighted by molar-refractivity contribution is 7.11. The second-order valence-corrected chi connectivity index (χ2v) is 6.69. The van der Waals surface area contributed by atoms with Crippen LogP contribution in [0, 0.1) is 6.92 Å². The summed E-state index contributed by atoms with van der Waals surface area (Å²) in [5, 5.41) is 11.0. The normalized spacial score (nSPS) is 20.7. The number of aromatic nitrogens is 1. The lowest BCUT2D eigenvalue weighted by molar-refractivity contribution is -0.0238. The van der Waals surface area contributed by atoms with Crippen LogP contribution >= 0.6 is 11.3 Å². The van der Waals surface area contributed by atoms with Crippen molar-refractivity contribution in [2.45, 2.75) is 38.5 Å². The van der Waals surface area contributed by atoms with Gasteiger partial charge in [-0.3, -0.25) is 4.90 Å². The van der Waals surface area contributed by atoms with Crippen molar-refractivity contribution >= 4 is 11.3 Å². The monoisotopic (exact) mass is 300 g/mol. The van der Waals surface area contributed by atoms with Gasteiger partial charge in [-0.2, -0.15) is 0 Å². The number of hydrogen-bond donors (Lipinski definition) is 1. The summed E-state index contributed by atoms with van der Waals surface area (Å²) in [5.41, 5.74) is 0. The van der Waals surface area contributed by atoms with Gasteiger partial charge >= 0.3 is 0 Å². The molecular formula is C14H24N2O3S. The van der Waals surface area contributed by atoms with Gasteiger partial charge in [0, 0.05) is 30.8 Å². The van der Waals surface area contributed by atoms with Crippen molar-refractivity contribution < 1.29 is 14.6 Å². The molecule has 1 aromatic rings. The van der Waals surface area contributed by atoms with Crippen LogP contribution in [-0.4, -0.2) is 60.6 Å². The van der Waals surface area contributed by atoms with E-state index in [1.165, 1.54) is 4.88 Å². The highest BCUT2D eigenvalue weighted by Gasteiger charge is 2.16. The van der Waals surface area contributed by atoms with E-state index in [0.29, 0.717) is 19.8 Å². The molecule has 2 heterocycles. The molecule has 0 radical (unpaired) electrons. The molecule has 0 unspecified atom stereocenters. The van der Waals surface area contributed by atoms with Crippen LogP contribution in [0.1, 0.15) is 22.7 Å². The molecule has 1 aliphatic heterocycles. The molecule has 114 valence electrons. The first-order valence-corrected chi connectivity index (χ1v) is 7.92. The van der Waals surface area contributed by atoms with Gasteiger partial charge in [0.15, 0.2) is 0 Å². The fraction of sp³-hybridized carbons (Fsp3) is 0.786. The maximum Gasteiger partial charge on any atom is 0.0900 e. The number of hydrogen-bond acceptors (Lipinski definition) is 6. The van der Waals surface area contributed by atoms with E-state index in [-0.39, 0.29) is 6.10 Å². The lowest BCUT2D eigenvalue weighted by atomic mass is 10.2. The van der Waals surface area contributed by atoms with Crippen molar-refractivity contribution in [3.8, 4) is 0 Å². The minimum Gasteiger partial charge on any atom is -0.389 e. The van der Waals surface area contributed by atoms with Gasteiger partial charge in [-0.15, -0.1) is 11.3 Å². The van der Waals surface area contributed by atoms with Gasteiger partial charge in [-0.25, -0.2) is 4.98 Å². The third kappa shape index (κ3) is 5.46. The van der Waals surface area contributed by atoms with Crippen molar-refractivity contribution in [1.29, 1.82) is 0 Å². The smallest absolute Gasteiger partial charge is 0.0900 e. The summed E-state index contributed by atoms with van der Waals surface area (Å²) in [6, 6.07) is 0. The Morgan fingerprint density at radius 2 is 2.50 bits per heavy atom. The molecule has 0 bridgehead atoms. The summed E-state index contributed by atoms with van der Waals surface area (Å²) in [6.07, 6.45) is 3.85. The fourth-order valence-electron chi connectivity index (χ4n) is 2.33. The lowest BCUT2D eigenvalue weighted by Gasteiger charge is -2.20. The van der Waals surface area contributed by atoms with Crippen molar-refractivity contribution in [2.75, 3.05) is 33.4 Å². The van der Waals surface area contributed by atoms with E-state index < -0.39 is 6.10 Å². The largest absolute Gasteiger partial charge is 0.389 e. The van der Waals surface area contributed by atoms with Crippen molar-refractivity contribution in [3.63, 3.8) is 0 Å². The van der Waals surface area contributed by atoms with Crippen molar-refractivity contribution in [1.82, 2.24) is 9.88 Å². The number of ether oxygens (including phenoxy) is 2. The maximum atomic E-state index is 9.96.